The number of nitrogens with one attached hydrogen (secondary N) is 2. The molecule has 0 bridgehead atoms. The van der Waals surface area contributed by atoms with Gasteiger partial charge in [-0.15, -0.1) is 0 Å². The highest BCUT2D eigenvalue weighted by Gasteiger charge is 2.08. The molecule has 1 rings (SSSR count). The van der Waals surface area contributed by atoms with Gasteiger partial charge in [0.2, 0.25) is 10.0 Å². The molecule has 1 heterocycles. The van der Waals surface area contributed by atoms with E-state index in [0.717, 1.165) is 11.4 Å². The number of hydrogen-bond donors (Lipinski definition) is 2. The van der Waals surface area contributed by atoms with Crippen molar-refractivity contribution in [2.75, 3.05) is 31.8 Å². The highest BCUT2D eigenvalue weighted by molar-refractivity contribution is 7.89. The van der Waals surface area contributed by atoms with E-state index >= 15 is 0 Å². The van der Waals surface area contributed by atoms with Gasteiger partial charge in [0.1, 0.15) is 0 Å². The lowest BCUT2D eigenvalue weighted by molar-refractivity contribution is 0.414. The van der Waals surface area contributed by atoms with Crippen LogP contribution in [-0.2, 0) is 10.0 Å². The van der Waals surface area contributed by atoms with Crippen molar-refractivity contribution >= 4 is 15.7 Å². The van der Waals surface area contributed by atoms with E-state index in [1.54, 1.807) is 13.3 Å². The molecule has 0 aliphatic rings. The number of methoxy groups -OCH3 is 1. The Morgan fingerprint density at radius 3 is 2.76 bits per heavy atom. The van der Waals surface area contributed by atoms with E-state index in [4.69, 9.17) is 4.74 Å². The van der Waals surface area contributed by atoms with Crippen LogP contribution in [0.3, 0.4) is 0 Å². The molecule has 0 saturated carbocycles. The number of rotatable bonds is 6. The van der Waals surface area contributed by atoms with Gasteiger partial charge in [-0.05, 0) is 20.0 Å². The molecule has 0 unspecified atom stereocenters. The Hall–Kier alpha value is -1.34. The minimum Gasteiger partial charge on any atom is -0.493 e. The van der Waals surface area contributed by atoms with E-state index in [9.17, 15) is 8.42 Å². The SMILES string of the molecule is CNS(=O)(=O)CCNc1cc(C)ncc1OC. The second-order valence-electron chi connectivity index (χ2n) is 3.48. The molecule has 0 fully saturated rings. The molecule has 2 N–H and O–H groups in total. The van der Waals surface area contributed by atoms with Gasteiger partial charge in [-0.3, -0.25) is 4.98 Å². The van der Waals surface area contributed by atoms with Gasteiger partial charge in [0, 0.05) is 12.2 Å². The summed E-state index contributed by atoms with van der Waals surface area (Å²) < 4.78 is 29.8. The van der Waals surface area contributed by atoms with Gasteiger partial charge < -0.3 is 10.1 Å². The van der Waals surface area contributed by atoms with Crippen LogP contribution in [0.25, 0.3) is 0 Å². The van der Waals surface area contributed by atoms with Gasteiger partial charge in [0.15, 0.2) is 5.75 Å². The molecule has 0 aromatic carbocycles. The second-order valence-corrected chi connectivity index (χ2v) is 5.52. The molecule has 0 aliphatic heterocycles. The van der Waals surface area contributed by atoms with Crippen molar-refractivity contribution in [3.8, 4) is 5.75 Å². The highest BCUT2D eigenvalue weighted by atomic mass is 32.2. The van der Waals surface area contributed by atoms with Crippen LogP contribution in [0.5, 0.6) is 5.75 Å². The number of pyridine rings is 1. The fourth-order valence-corrected chi connectivity index (χ4v) is 1.85. The number of aryl methyl sites for hydroxylation is 1. The fourth-order valence-electron chi connectivity index (χ4n) is 1.27. The molecule has 0 radical (unpaired) electrons. The van der Waals surface area contributed by atoms with Crippen molar-refractivity contribution in [2.24, 2.45) is 0 Å². The number of ether oxygens (including phenoxy) is 1. The Morgan fingerprint density at radius 1 is 1.47 bits per heavy atom. The minimum absolute atomic E-state index is 0.00796. The van der Waals surface area contributed by atoms with Gasteiger partial charge in [-0.1, -0.05) is 0 Å². The third-order valence-corrected chi connectivity index (χ3v) is 3.58. The van der Waals surface area contributed by atoms with Crippen molar-refractivity contribution in [3.05, 3.63) is 18.0 Å². The molecule has 0 amide bonds. The van der Waals surface area contributed by atoms with Crippen LogP contribution in [0.2, 0.25) is 0 Å². The Bertz CT molecular complexity index is 474. The van der Waals surface area contributed by atoms with Crippen LogP contribution >= 0.6 is 0 Å². The first-order valence-electron chi connectivity index (χ1n) is 5.14. The molecule has 1 aromatic rings. The summed E-state index contributed by atoms with van der Waals surface area (Å²) in [6, 6.07) is 1.81. The van der Waals surface area contributed by atoms with Crippen LogP contribution in [-0.4, -0.2) is 39.9 Å². The summed E-state index contributed by atoms with van der Waals surface area (Å²) in [5, 5.41) is 3.01. The van der Waals surface area contributed by atoms with Gasteiger partial charge in [-0.25, -0.2) is 13.1 Å². The van der Waals surface area contributed by atoms with Crippen molar-refractivity contribution in [1.82, 2.24) is 9.71 Å². The summed E-state index contributed by atoms with van der Waals surface area (Å²) in [6.45, 7) is 2.16. The number of hydrogen-bond acceptors (Lipinski definition) is 5. The molecule has 17 heavy (non-hydrogen) atoms. The first kappa shape index (κ1) is 13.7. The monoisotopic (exact) mass is 259 g/mol. The predicted molar refractivity (Wildman–Crippen MR) is 66.9 cm³/mol. The normalized spacial score (nSPS) is 11.2. The molecular formula is C10H17N3O3S. The molecule has 0 aliphatic carbocycles. The standard InChI is InChI=1S/C10H17N3O3S/c1-8-6-9(10(16-3)7-13-8)12-4-5-17(14,15)11-2/h6-7,11H,4-5H2,1-3H3,(H,12,13). The van der Waals surface area contributed by atoms with Crippen molar-refractivity contribution in [1.29, 1.82) is 0 Å². The topological polar surface area (TPSA) is 80.3 Å². The summed E-state index contributed by atoms with van der Waals surface area (Å²) in [5.41, 5.74) is 1.58. The Kier molecular flexibility index (Phi) is 4.71. The van der Waals surface area contributed by atoms with Gasteiger partial charge in [-0.2, -0.15) is 0 Å². The second kappa shape index (κ2) is 5.83. The smallest absolute Gasteiger partial charge is 0.213 e. The number of sulfonamides is 1. The maximum atomic E-state index is 11.2. The van der Waals surface area contributed by atoms with Gasteiger partial charge in [0.25, 0.3) is 0 Å². The van der Waals surface area contributed by atoms with Crippen molar-refractivity contribution < 1.29 is 13.2 Å². The van der Waals surface area contributed by atoms with Crippen LogP contribution < -0.4 is 14.8 Å². The van der Waals surface area contributed by atoms with E-state index in [1.165, 1.54) is 7.05 Å². The zero-order valence-electron chi connectivity index (χ0n) is 10.1. The third-order valence-electron chi connectivity index (χ3n) is 2.22. The third kappa shape index (κ3) is 4.20. The van der Waals surface area contributed by atoms with Crippen LogP contribution in [0.15, 0.2) is 12.3 Å². The lowest BCUT2D eigenvalue weighted by Gasteiger charge is -2.11. The summed E-state index contributed by atoms with van der Waals surface area (Å²) >= 11 is 0. The molecule has 1 aromatic heterocycles. The van der Waals surface area contributed by atoms with E-state index in [-0.39, 0.29) is 5.75 Å². The minimum atomic E-state index is -3.19. The van der Waals surface area contributed by atoms with E-state index in [1.807, 2.05) is 13.0 Å². The number of aromatic nitrogens is 1. The average Bonchev–Trinajstić information content (AvgIpc) is 2.29. The summed E-state index contributed by atoms with van der Waals surface area (Å²) in [7, 11) is -0.249. The predicted octanol–water partition coefficient (Wildman–Crippen LogP) is 0.360. The van der Waals surface area contributed by atoms with Crippen molar-refractivity contribution in [3.63, 3.8) is 0 Å². The first-order chi connectivity index (χ1) is 7.98. The molecule has 0 atom stereocenters. The zero-order valence-corrected chi connectivity index (χ0v) is 11.0. The maximum Gasteiger partial charge on any atom is 0.213 e. The molecule has 0 spiro atoms. The van der Waals surface area contributed by atoms with E-state index in [2.05, 4.69) is 15.0 Å². The first-order valence-corrected chi connectivity index (χ1v) is 6.79. The largest absolute Gasteiger partial charge is 0.493 e. The average molecular weight is 259 g/mol. The zero-order chi connectivity index (χ0) is 12.9. The Labute approximate surface area is 101 Å². The van der Waals surface area contributed by atoms with Crippen LogP contribution in [0.4, 0.5) is 5.69 Å². The summed E-state index contributed by atoms with van der Waals surface area (Å²) in [4.78, 5) is 4.09. The summed E-state index contributed by atoms with van der Waals surface area (Å²) in [5.74, 6) is 0.603. The maximum absolute atomic E-state index is 11.2. The van der Waals surface area contributed by atoms with Crippen LogP contribution in [0, 0.1) is 6.92 Å². The summed E-state index contributed by atoms with van der Waals surface area (Å²) in [6.07, 6.45) is 1.60. The lowest BCUT2D eigenvalue weighted by atomic mass is 10.3. The quantitative estimate of drug-likeness (QED) is 0.771. The Balaban J connectivity index is 2.66. The molecular weight excluding hydrogens is 242 g/mol. The highest BCUT2D eigenvalue weighted by Crippen LogP contribution is 2.22. The molecule has 6 nitrogen and oxygen atoms in total. The molecule has 7 heteroatoms. The number of anilines is 1. The van der Waals surface area contributed by atoms with Crippen LogP contribution in [0.1, 0.15) is 5.69 Å². The Morgan fingerprint density at radius 2 is 2.18 bits per heavy atom. The van der Waals surface area contributed by atoms with Gasteiger partial charge >= 0.3 is 0 Å². The molecule has 0 saturated heterocycles. The van der Waals surface area contributed by atoms with Gasteiger partial charge in [0.05, 0.1) is 24.7 Å². The van der Waals surface area contributed by atoms with E-state index in [0.29, 0.717) is 12.3 Å². The lowest BCUT2D eigenvalue weighted by Crippen LogP contribution is -2.26. The molecule has 96 valence electrons. The van der Waals surface area contributed by atoms with E-state index < -0.39 is 10.0 Å². The fraction of sp³-hybridized carbons (Fsp3) is 0.500. The van der Waals surface area contributed by atoms with Crippen molar-refractivity contribution in [2.45, 2.75) is 6.92 Å². The number of nitrogens with zero attached hydrogens (tertiary/aromatic N) is 1.